The summed E-state index contributed by atoms with van der Waals surface area (Å²) in [6.07, 6.45) is 1.69. The van der Waals surface area contributed by atoms with E-state index in [2.05, 4.69) is 5.32 Å². The molecule has 0 saturated heterocycles. The number of phenols is 1. The number of aliphatic hydroxyl groups excluding tert-OH is 1. The maximum absolute atomic E-state index is 12.9. The average molecular weight is 406 g/mol. The lowest BCUT2D eigenvalue weighted by Crippen LogP contribution is -2.42. The van der Waals surface area contributed by atoms with Crippen molar-refractivity contribution in [3.63, 3.8) is 0 Å². The van der Waals surface area contributed by atoms with Crippen LogP contribution in [0, 0.1) is 0 Å². The number of nitrogens with one attached hydrogen (secondary N) is 1. The summed E-state index contributed by atoms with van der Waals surface area (Å²) in [5, 5.41) is 23.9. The molecular formula is C22H18N2O6. The van der Waals surface area contributed by atoms with E-state index in [0.29, 0.717) is 5.57 Å². The molecule has 1 unspecified atom stereocenters. The molecule has 0 radical (unpaired) electrons. The monoisotopic (exact) mass is 406 g/mol. The molecule has 152 valence electrons. The minimum absolute atomic E-state index is 0.0266. The van der Waals surface area contributed by atoms with Crippen molar-refractivity contribution in [1.82, 2.24) is 4.90 Å². The molecule has 30 heavy (non-hydrogen) atoms. The summed E-state index contributed by atoms with van der Waals surface area (Å²) in [5.41, 5.74) is 1.26. The van der Waals surface area contributed by atoms with Gasteiger partial charge in [-0.15, -0.1) is 0 Å². The molecule has 1 amide bonds. The largest absolute Gasteiger partial charge is 0.505 e. The number of hydrogen-bond acceptors (Lipinski definition) is 7. The van der Waals surface area contributed by atoms with Gasteiger partial charge >= 0.3 is 5.97 Å². The zero-order valence-corrected chi connectivity index (χ0v) is 15.7. The van der Waals surface area contributed by atoms with Gasteiger partial charge in [-0.3, -0.25) is 4.79 Å². The number of esters is 1. The smallest absolute Gasteiger partial charge is 0.342 e. The molecule has 4 rings (SSSR count). The number of hydrogen-bond donors (Lipinski definition) is 3. The zero-order chi connectivity index (χ0) is 21.3. The summed E-state index contributed by atoms with van der Waals surface area (Å²) in [6, 6.07) is 11.1. The fourth-order valence-corrected chi connectivity index (χ4v) is 3.58. The number of rotatable bonds is 4. The van der Waals surface area contributed by atoms with E-state index in [1.54, 1.807) is 18.1 Å². The molecule has 2 aromatic carbocycles. The molecule has 0 saturated carbocycles. The lowest BCUT2D eigenvalue weighted by Gasteiger charge is -2.24. The van der Waals surface area contributed by atoms with Crippen LogP contribution in [-0.2, 0) is 16.1 Å². The van der Waals surface area contributed by atoms with Crippen LogP contribution in [0.25, 0.3) is 0 Å². The standard InChI is InChI=1S/C22H18N2O6/c25-9-8-14-10-17-20(27)23-18-15(21(28)24(17)11-14)6-7-16(19(18)26)22(29)30-12-13-4-2-1-3-5-13/h1-8,11,17,20,23,26-27H,10,12H2/t17?,20-/m0/s1. The molecular weight excluding hydrogens is 388 g/mol. The highest BCUT2D eigenvalue weighted by atomic mass is 16.5. The van der Waals surface area contributed by atoms with Crippen molar-refractivity contribution in [2.75, 3.05) is 5.32 Å². The van der Waals surface area contributed by atoms with Gasteiger partial charge in [0.1, 0.15) is 24.3 Å². The lowest BCUT2D eigenvalue weighted by atomic mass is 10.1. The Morgan fingerprint density at radius 1 is 1.27 bits per heavy atom. The number of carbonyl (C=O) groups is 2. The van der Waals surface area contributed by atoms with E-state index < -0.39 is 29.9 Å². The molecule has 2 aliphatic rings. The fourth-order valence-electron chi connectivity index (χ4n) is 3.58. The van der Waals surface area contributed by atoms with Gasteiger partial charge in [0.05, 0.1) is 17.3 Å². The van der Waals surface area contributed by atoms with Crippen LogP contribution in [0.15, 0.2) is 60.3 Å². The van der Waals surface area contributed by atoms with Crippen LogP contribution in [0.2, 0.25) is 0 Å². The van der Waals surface area contributed by atoms with Crippen molar-refractivity contribution < 1.29 is 29.3 Å². The fraction of sp³-hybridized carbons (Fsp3) is 0.182. The molecule has 0 bridgehead atoms. The molecule has 2 aromatic rings. The van der Waals surface area contributed by atoms with Crippen molar-refractivity contribution in [1.29, 1.82) is 0 Å². The first kappa shape index (κ1) is 19.4. The Morgan fingerprint density at radius 3 is 2.77 bits per heavy atom. The van der Waals surface area contributed by atoms with E-state index >= 15 is 0 Å². The van der Waals surface area contributed by atoms with Gasteiger partial charge in [0, 0.05) is 12.3 Å². The molecule has 8 nitrogen and oxygen atoms in total. The Labute approximate surface area is 171 Å². The number of carbonyl (C=O) groups excluding carboxylic acids is 3. The van der Waals surface area contributed by atoms with Crippen LogP contribution in [-0.4, -0.2) is 45.2 Å². The second-order valence-electron chi connectivity index (χ2n) is 6.99. The van der Waals surface area contributed by atoms with Gasteiger partial charge in [0.2, 0.25) is 0 Å². The van der Waals surface area contributed by atoms with E-state index in [9.17, 15) is 24.6 Å². The van der Waals surface area contributed by atoms with E-state index in [-0.39, 0.29) is 29.8 Å². The van der Waals surface area contributed by atoms with E-state index in [0.717, 1.165) is 5.56 Å². The minimum Gasteiger partial charge on any atom is -0.505 e. The Balaban J connectivity index is 1.62. The van der Waals surface area contributed by atoms with Crippen LogP contribution in [0.4, 0.5) is 5.69 Å². The summed E-state index contributed by atoms with van der Waals surface area (Å²) < 4.78 is 5.25. The molecule has 2 heterocycles. The van der Waals surface area contributed by atoms with Gasteiger partial charge in [-0.1, -0.05) is 30.3 Å². The molecule has 3 N–H and O–H groups in total. The van der Waals surface area contributed by atoms with Gasteiger partial charge in [-0.25, -0.2) is 9.59 Å². The highest BCUT2D eigenvalue weighted by Crippen LogP contribution is 2.38. The Hall–Kier alpha value is -3.87. The first-order valence-electron chi connectivity index (χ1n) is 9.25. The van der Waals surface area contributed by atoms with Gasteiger partial charge in [-0.2, -0.15) is 0 Å². The number of anilines is 1. The van der Waals surface area contributed by atoms with Gasteiger partial charge < -0.3 is 25.2 Å². The number of ether oxygens (including phenoxy) is 1. The minimum atomic E-state index is -1.23. The van der Waals surface area contributed by atoms with Gasteiger partial charge in [0.15, 0.2) is 5.75 Å². The third-order valence-corrected chi connectivity index (χ3v) is 5.08. The number of nitrogens with zero attached hydrogens (tertiary/aromatic N) is 1. The number of benzene rings is 2. The van der Waals surface area contributed by atoms with Gasteiger partial charge in [-0.05, 0) is 29.7 Å². The van der Waals surface area contributed by atoms with Crippen LogP contribution in [0.1, 0.15) is 32.7 Å². The third-order valence-electron chi connectivity index (χ3n) is 5.08. The normalized spacial score (nSPS) is 19.6. The predicted octanol–water partition coefficient (Wildman–Crippen LogP) is 1.98. The zero-order valence-electron chi connectivity index (χ0n) is 15.7. The summed E-state index contributed by atoms with van der Waals surface area (Å²) in [4.78, 5) is 37.3. The molecule has 0 aliphatic carbocycles. The molecule has 2 aliphatic heterocycles. The lowest BCUT2D eigenvalue weighted by molar-refractivity contribution is 0.0469. The SMILES string of the molecule is O=C=CC1=CN2C(=O)c3ccc(C(=O)OCc4ccccc4)c(O)c3N[C@@H](O)C2C1. The number of aromatic hydroxyl groups is 1. The maximum atomic E-state index is 12.9. The van der Waals surface area contributed by atoms with Crippen LogP contribution in [0.5, 0.6) is 5.75 Å². The number of fused-ring (bicyclic) bond motifs is 2. The molecule has 2 atom stereocenters. The average Bonchev–Trinajstić information content (AvgIpc) is 3.14. The number of amides is 1. The molecule has 0 aromatic heterocycles. The van der Waals surface area contributed by atoms with Gasteiger partial charge in [0.25, 0.3) is 5.91 Å². The maximum Gasteiger partial charge on any atom is 0.342 e. The first-order valence-corrected chi connectivity index (χ1v) is 9.25. The molecule has 0 fully saturated rings. The van der Waals surface area contributed by atoms with E-state index in [4.69, 9.17) is 4.74 Å². The summed E-state index contributed by atoms with van der Waals surface area (Å²) in [5.74, 6) is -0.0512. The third kappa shape index (κ3) is 3.45. The van der Waals surface area contributed by atoms with Crippen molar-refractivity contribution in [2.45, 2.75) is 25.3 Å². The Bertz CT molecular complexity index is 1090. The highest BCUT2D eigenvalue weighted by molar-refractivity contribution is 6.06. The van der Waals surface area contributed by atoms with Crippen molar-refractivity contribution in [3.05, 3.63) is 77.0 Å². The van der Waals surface area contributed by atoms with Crippen LogP contribution < -0.4 is 5.32 Å². The highest BCUT2D eigenvalue weighted by Gasteiger charge is 2.39. The Morgan fingerprint density at radius 2 is 2.03 bits per heavy atom. The first-order chi connectivity index (χ1) is 14.5. The quantitative estimate of drug-likeness (QED) is 0.404. The second-order valence-corrected chi connectivity index (χ2v) is 6.99. The summed E-state index contributed by atoms with van der Waals surface area (Å²) in [6.45, 7) is 0.0266. The number of phenolic OH excluding ortho intramolecular Hbond substituents is 1. The number of aliphatic hydroxyl groups is 1. The molecule has 8 heteroatoms. The van der Waals surface area contributed by atoms with Crippen molar-refractivity contribution in [3.8, 4) is 5.75 Å². The van der Waals surface area contributed by atoms with Crippen LogP contribution >= 0.6 is 0 Å². The molecule has 0 spiro atoms. The number of allylic oxidation sites excluding steroid dienone is 1. The van der Waals surface area contributed by atoms with Crippen LogP contribution in [0.3, 0.4) is 0 Å². The van der Waals surface area contributed by atoms with E-state index in [1.807, 2.05) is 18.2 Å². The topological polar surface area (TPSA) is 116 Å². The summed E-state index contributed by atoms with van der Waals surface area (Å²) in [7, 11) is 0. The van der Waals surface area contributed by atoms with Crippen molar-refractivity contribution >= 4 is 23.5 Å². The second kappa shape index (κ2) is 7.87. The van der Waals surface area contributed by atoms with E-state index in [1.165, 1.54) is 29.3 Å². The van der Waals surface area contributed by atoms with Crippen molar-refractivity contribution in [2.24, 2.45) is 0 Å². The predicted molar refractivity (Wildman–Crippen MR) is 106 cm³/mol. The Kier molecular flexibility index (Phi) is 5.10. The summed E-state index contributed by atoms with van der Waals surface area (Å²) >= 11 is 0.